The Balaban J connectivity index is 2.03. The highest BCUT2D eigenvalue weighted by Crippen LogP contribution is 2.39. The molecular formula is C17H25FO2. The van der Waals surface area contributed by atoms with Crippen molar-refractivity contribution in [2.24, 2.45) is 5.41 Å². The van der Waals surface area contributed by atoms with Gasteiger partial charge in [0.15, 0.2) is 0 Å². The molecule has 3 heteroatoms. The number of unbranched alkanes of at least 4 members (excludes halogenated alkanes) is 1. The number of aliphatic hydroxyl groups is 1. The van der Waals surface area contributed by atoms with Gasteiger partial charge in [-0.05, 0) is 42.9 Å². The van der Waals surface area contributed by atoms with Gasteiger partial charge in [0.1, 0.15) is 17.7 Å². The third kappa shape index (κ3) is 3.32. The zero-order valence-electron chi connectivity index (χ0n) is 12.5. The van der Waals surface area contributed by atoms with Crippen molar-refractivity contribution in [2.45, 2.75) is 58.5 Å². The van der Waals surface area contributed by atoms with E-state index in [0.29, 0.717) is 0 Å². The summed E-state index contributed by atoms with van der Waals surface area (Å²) < 4.78 is 19.2. The van der Waals surface area contributed by atoms with Crippen molar-refractivity contribution in [3.8, 4) is 5.75 Å². The van der Waals surface area contributed by atoms with Gasteiger partial charge < -0.3 is 9.84 Å². The molecule has 20 heavy (non-hydrogen) atoms. The number of hydrogen-bond acceptors (Lipinski definition) is 2. The summed E-state index contributed by atoms with van der Waals surface area (Å²) in [6.07, 6.45) is 5.91. The number of fused-ring (bicyclic) bond motifs is 1. The number of halogens is 1. The minimum atomic E-state index is -0.206. The zero-order valence-corrected chi connectivity index (χ0v) is 12.5. The molecule has 2 unspecified atom stereocenters. The van der Waals surface area contributed by atoms with Gasteiger partial charge in [-0.1, -0.05) is 26.7 Å². The van der Waals surface area contributed by atoms with E-state index >= 15 is 0 Å². The highest BCUT2D eigenvalue weighted by Gasteiger charge is 2.34. The van der Waals surface area contributed by atoms with Gasteiger partial charge >= 0.3 is 0 Å². The lowest BCUT2D eigenvalue weighted by molar-refractivity contribution is 0.0556. The molecule has 1 aromatic carbocycles. The quantitative estimate of drug-likeness (QED) is 0.815. The molecule has 112 valence electrons. The first kappa shape index (κ1) is 15.3. The second-order valence-corrected chi connectivity index (χ2v) is 6.02. The Morgan fingerprint density at radius 1 is 1.40 bits per heavy atom. The highest BCUT2D eigenvalue weighted by atomic mass is 19.1. The lowest BCUT2D eigenvalue weighted by Crippen LogP contribution is -2.32. The summed E-state index contributed by atoms with van der Waals surface area (Å²) in [6, 6.07) is 4.72. The van der Waals surface area contributed by atoms with Crippen molar-refractivity contribution in [1.29, 1.82) is 0 Å². The van der Waals surface area contributed by atoms with Crippen LogP contribution < -0.4 is 4.74 Å². The van der Waals surface area contributed by atoms with Crippen molar-refractivity contribution in [2.75, 3.05) is 6.61 Å². The highest BCUT2D eigenvalue weighted by molar-refractivity contribution is 5.37. The maximum atomic E-state index is 13.2. The molecule has 0 aliphatic carbocycles. The van der Waals surface area contributed by atoms with Gasteiger partial charge in [-0.3, -0.25) is 0 Å². The van der Waals surface area contributed by atoms with E-state index in [0.717, 1.165) is 49.8 Å². The van der Waals surface area contributed by atoms with Gasteiger partial charge in [-0.25, -0.2) is 4.39 Å². The van der Waals surface area contributed by atoms with Crippen molar-refractivity contribution in [3.63, 3.8) is 0 Å². The van der Waals surface area contributed by atoms with E-state index in [1.54, 1.807) is 12.1 Å². The second kappa shape index (κ2) is 6.57. The van der Waals surface area contributed by atoms with Crippen LogP contribution in [0.2, 0.25) is 0 Å². The van der Waals surface area contributed by atoms with E-state index in [9.17, 15) is 9.50 Å². The lowest BCUT2D eigenvalue weighted by Gasteiger charge is -2.33. The van der Waals surface area contributed by atoms with Crippen LogP contribution in [0, 0.1) is 11.2 Å². The van der Waals surface area contributed by atoms with Crippen LogP contribution in [0.15, 0.2) is 18.2 Å². The SMILES string of the molecule is CCCCC(CC)(CO)CC1Cc2cc(F)ccc2O1. The molecule has 0 bridgehead atoms. The Morgan fingerprint density at radius 3 is 2.85 bits per heavy atom. The second-order valence-electron chi connectivity index (χ2n) is 6.02. The van der Waals surface area contributed by atoms with Gasteiger partial charge in [-0.15, -0.1) is 0 Å². The average Bonchev–Trinajstić information content (AvgIpc) is 2.84. The Kier molecular flexibility index (Phi) is 5.03. The van der Waals surface area contributed by atoms with Crippen molar-refractivity contribution >= 4 is 0 Å². The fourth-order valence-corrected chi connectivity index (χ4v) is 3.12. The molecule has 0 fully saturated rings. The molecule has 1 N–H and O–H groups in total. The van der Waals surface area contributed by atoms with Crippen LogP contribution >= 0.6 is 0 Å². The van der Waals surface area contributed by atoms with Gasteiger partial charge in [0, 0.05) is 18.6 Å². The smallest absolute Gasteiger partial charge is 0.123 e. The van der Waals surface area contributed by atoms with Gasteiger partial charge in [-0.2, -0.15) is 0 Å². The summed E-state index contributed by atoms with van der Waals surface area (Å²) in [5.41, 5.74) is 0.898. The first-order chi connectivity index (χ1) is 9.62. The minimum absolute atomic E-state index is 0.0543. The maximum absolute atomic E-state index is 13.2. The summed E-state index contributed by atoms with van der Waals surface area (Å²) in [6.45, 7) is 4.50. The topological polar surface area (TPSA) is 29.5 Å². The van der Waals surface area contributed by atoms with E-state index in [2.05, 4.69) is 13.8 Å². The molecule has 0 spiro atoms. The number of rotatable bonds is 7. The van der Waals surface area contributed by atoms with E-state index in [4.69, 9.17) is 4.74 Å². The molecule has 2 rings (SSSR count). The number of benzene rings is 1. The molecule has 1 aliphatic rings. The maximum Gasteiger partial charge on any atom is 0.123 e. The Hall–Kier alpha value is -1.09. The monoisotopic (exact) mass is 280 g/mol. The predicted octanol–water partition coefficient (Wildman–Crippen LogP) is 4.10. The van der Waals surface area contributed by atoms with Crippen LogP contribution in [0.5, 0.6) is 5.75 Å². The third-order valence-corrected chi connectivity index (χ3v) is 4.57. The number of hydrogen-bond donors (Lipinski definition) is 1. The molecule has 1 aromatic rings. The number of aliphatic hydroxyl groups excluding tert-OH is 1. The molecule has 0 amide bonds. The molecule has 0 saturated heterocycles. The van der Waals surface area contributed by atoms with E-state index in [1.165, 1.54) is 6.07 Å². The molecule has 0 radical (unpaired) electrons. The standard InChI is InChI=1S/C17H25FO2/c1-3-5-8-17(4-2,12-19)11-15-10-13-9-14(18)6-7-16(13)20-15/h6-7,9,15,19H,3-5,8,10-12H2,1-2H3. The molecular weight excluding hydrogens is 255 g/mol. The largest absolute Gasteiger partial charge is 0.490 e. The van der Waals surface area contributed by atoms with Crippen LogP contribution in [0.4, 0.5) is 4.39 Å². The normalized spacial score (nSPS) is 20.3. The Morgan fingerprint density at radius 2 is 2.20 bits per heavy atom. The first-order valence-electron chi connectivity index (χ1n) is 7.68. The average molecular weight is 280 g/mol. The van der Waals surface area contributed by atoms with Crippen LogP contribution in [-0.4, -0.2) is 17.8 Å². The predicted molar refractivity (Wildman–Crippen MR) is 78.5 cm³/mol. The fourth-order valence-electron chi connectivity index (χ4n) is 3.12. The molecule has 1 heterocycles. The Bertz CT molecular complexity index is 441. The summed E-state index contributed by atoms with van der Waals surface area (Å²) >= 11 is 0. The van der Waals surface area contributed by atoms with Crippen molar-refractivity contribution < 1.29 is 14.2 Å². The third-order valence-electron chi connectivity index (χ3n) is 4.57. The Labute approximate surface area is 121 Å². The van der Waals surface area contributed by atoms with Crippen LogP contribution in [0.3, 0.4) is 0 Å². The van der Waals surface area contributed by atoms with Crippen LogP contribution in [0.1, 0.15) is 51.5 Å². The van der Waals surface area contributed by atoms with Gasteiger partial charge in [0.2, 0.25) is 0 Å². The molecule has 2 nitrogen and oxygen atoms in total. The molecule has 1 aliphatic heterocycles. The van der Waals surface area contributed by atoms with Crippen molar-refractivity contribution in [3.05, 3.63) is 29.6 Å². The lowest BCUT2D eigenvalue weighted by atomic mass is 9.76. The van der Waals surface area contributed by atoms with Crippen molar-refractivity contribution in [1.82, 2.24) is 0 Å². The summed E-state index contributed by atoms with van der Waals surface area (Å²) in [5, 5.41) is 9.81. The zero-order chi connectivity index (χ0) is 14.6. The molecule has 0 saturated carbocycles. The minimum Gasteiger partial charge on any atom is -0.490 e. The summed E-state index contributed by atoms with van der Waals surface area (Å²) in [5.74, 6) is 0.595. The van der Waals surface area contributed by atoms with E-state index in [-0.39, 0.29) is 23.9 Å². The van der Waals surface area contributed by atoms with E-state index in [1.807, 2.05) is 0 Å². The van der Waals surface area contributed by atoms with Gasteiger partial charge in [0.25, 0.3) is 0 Å². The summed E-state index contributed by atoms with van der Waals surface area (Å²) in [4.78, 5) is 0. The first-order valence-corrected chi connectivity index (χ1v) is 7.68. The molecule has 2 atom stereocenters. The number of ether oxygens (including phenoxy) is 1. The van der Waals surface area contributed by atoms with Crippen LogP contribution in [0.25, 0.3) is 0 Å². The van der Waals surface area contributed by atoms with Crippen LogP contribution in [-0.2, 0) is 6.42 Å². The molecule has 0 aromatic heterocycles. The van der Waals surface area contributed by atoms with Gasteiger partial charge in [0.05, 0.1) is 0 Å². The van der Waals surface area contributed by atoms with E-state index < -0.39 is 0 Å². The fraction of sp³-hybridized carbons (Fsp3) is 0.647. The summed E-state index contributed by atoms with van der Waals surface area (Å²) in [7, 11) is 0.